The van der Waals surface area contributed by atoms with E-state index in [1.54, 1.807) is 0 Å². The molecule has 0 aromatic carbocycles. The van der Waals surface area contributed by atoms with E-state index in [4.69, 9.17) is 5.26 Å². The lowest BCUT2D eigenvalue weighted by atomic mass is 9.79. The van der Waals surface area contributed by atoms with Crippen molar-refractivity contribution in [3.8, 4) is 6.07 Å². The highest BCUT2D eigenvalue weighted by atomic mass is 16.1. The summed E-state index contributed by atoms with van der Waals surface area (Å²) in [4.78, 5) is 12.0. The fraction of sp³-hybridized carbons (Fsp3) is 0.875. The molecule has 110 valence electrons. The molecule has 1 N–H and O–H groups in total. The summed E-state index contributed by atoms with van der Waals surface area (Å²) in [6.45, 7) is 14.5. The third kappa shape index (κ3) is 7.87. The molecular weight excluding hydrogens is 236 g/mol. The lowest BCUT2D eigenvalue weighted by Crippen LogP contribution is -2.47. The van der Waals surface area contributed by atoms with Gasteiger partial charge in [-0.15, -0.1) is 0 Å². The van der Waals surface area contributed by atoms with Gasteiger partial charge in [0, 0.05) is 12.0 Å². The zero-order valence-corrected chi connectivity index (χ0v) is 13.7. The first-order valence-corrected chi connectivity index (χ1v) is 7.15. The lowest BCUT2D eigenvalue weighted by Gasteiger charge is -2.36. The summed E-state index contributed by atoms with van der Waals surface area (Å²) in [6.07, 6.45) is 2.88. The molecule has 0 aromatic heterocycles. The maximum Gasteiger partial charge on any atom is 0.220 e. The molecular formula is C16H30N2O. The molecule has 0 aliphatic carbocycles. The highest BCUT2D eigenvalue weighted by Gasteiger charge is 2.30. The Bertz CT molecular complexity index is 347. The zero-order chi connectivity index (χ0) is 15.3. The first-order valence-electron chi connectivity index (χ1n) is 7.15. The average Bonchev–Trinajstić information content (AvgIpc) is 2.24. The van der Waals surface area contributed by atoms with Crippen molar-refractivity contribution in [1.82, 2.24) is 5.32 Å². The average molecular weight is 266 g/mol. The number of amides is 1. The van der Waals surface area contributed by atoms with Crippen molar-refractivity contribution in [2.45, 2.75) is 79.7 Å². The molecule has 0 aromatic rings. The van der Waals surface area contributed by atoms with E-state index in [1.165, 1.54) is 0 Å². The first-order chi connectivity index (χ1) is 8.43. The fourth-order valence-corrected chi connectivity index (χ4v) is 2.31. The molecule has 0 fully saturated rings. The van der Waals surface area contributed by atoms with Crippen LogP contribution in [0.3, 0.4) is 0 Å². The number of hydrogen-bond acceptors (Lipinski definition) is 2. The largest absolute Gasteiger partial charge is 0.351 e. The van der Waals surface area contributed by atoms with E-state index < -0.39 is 5.41 Å². The predicted molar refractivity (Wildman–Crippen MR) is 79.5 cm³/mol. The quantitative estimate of drug-likeness (QED) is 0.789. The van der Waals surface area contributed by atoms with Crippen LogP contribution in [0.15, 0.2) is 0 Å². The molecule has 0 spiro atoms. The topological polar surface area (TPSA) is 52.9 Å². The summed E-state index contributed by atoms with van der Waals surface area (Å²) >= 11 is 0. The Morgan fingerprint density at radius 1 is 1.16 bits per heavy atom. The van der Waals surface area contributed by atoms with Crippen LogP contribution in [0.4, 0.5) is 0 Å². The Morgan fingerprint density at radius 2 is 1.68 bits per heavy atom. The van der Waals surface area contributed by atoms with Crippen molar-refractivity contribution in [1.29, 1.82) is 5.26 Å². The van der Waals surface area contributed by atoms with Gasteiger partial charge in [0.1, 0.15) is 0 Å². The van der Waals surface area contributed by atoms with Crippen LogP contribution < -0.4 is 5.32 Å². The molecule has 3 heteroatoms. The van der Waals surface area contributed by atoms with E-state index >= 15 is 0 Å². The fourth-order valence-electron chi connectivity index (χ4n) is 2.31. The molecule has 0 saturated heterocycles. The van der Waals surface area contributed by atoms with Crippen LogP contribution in [0, 0.1) is 22.2 Å². The summed E-state index contributed by atoms with van der Waals surface area (Å²) in [6, 6.07) is 2.23. The van der Waals surface area contributed by atoms with Gasteiger partial charge in [-0.05, 0) is 45.4 Å². The van der Waals surface area contributed by atoms with Gasteiger partial charge in [0.2, 0.25) is 5.91 Å². The molecule has 0 aliphatic heterocycles. The van der Waals surface area contributed by atoms with E-state index in [2.05, 4.69) is 46.0 Å². The van der Waals surface area contributed by atoms with Gasteiger partial charge in [0.05, 0.1) is 11.5 Å². The van der Waals surface area contributed by atoms with Crippen molar-refractivity contribution < 1.29 is 4.79 Å². The maximum atomic E-state index is 12.0. The molecule has 0 aliphatic rings. The summed E-state index contributed by atoms with van der Waals surface area (Å²) < 4.78 is 0. The summed E-state index contributed by atoms with van der Waals surface area (Å²) in [5, 5.41) is 12.1. The van der Waals surface area contributed by atoms with Crippen LogP contribution in [0.1, 0.15) is 74.1 Å². The lowest BCUT2D eigenvalue weighted by molar-refractivity contribution is -0.123. The van der Waals surface area contributed by atoms with Crippen molar-refractivity contribution in [2.75, 3.05) is 0 Å². The van der Waals surface area contributed by atoms with Crippen LogP contribution in [-0.2, 0) is 4.79 Å². The maximum absolute atomic E-state index is 12.0. The van der Waals surface area contributed by atoms with E-state index in [-0.39, 0.29) is 16.9 Å². The number of nitrogens with zero attached hydrogens (tertiary/aromatic N) is 1. The van der Waals surface area contributed by atoms with Crippen LogP contribution in [0.2, 0.25) is 0 Å². The van der Waals surface area contributed by atoms with E-state index in [0.29, 0.717) is 12.8 Å². The molecule has 0 saturated carbocycles. The van der Waals surface area contributed by atoms with Crippen molar-refractivity contribution in [3.63, 3.8) is 0 Å². The van der Waals surface area contributed by atoms with Gasteiger partial charge in [-0.25, -0.2) is 0 Å². The van der Waals surface area contributed by atoms with Crippen molar-refractivity contribution in [3.05, 3.63) is 0 Å². The van der Waals surface area contributed by atoms with Crippen LogP contribution in [0.5, 0.6) is 0 Å². The molecule has 19 heavy (non-hydrogen) atoms. The first kappa shape index (κ1) is 18.0. The van der Waals surface area contributed by atoms with Gasteiger partial charge >= 0.3 is 0 Å². The Balaban J connectivity index is 4.48. The van der Waals surface area contributed by atoms with Crippen LogP contribution >= 0.6 is 0 Å². The second-order valence-corrected chi connectivity index (χ2v) is 7.70. The zero-order valence-electron chi connectivity index (χ0n) is 13.7. The summed E-state index contributed by atoms with van der Waals surface area (Å²) in [7, 11) is 0. The van der Waals surface area contributed by atoms with Crippen molar-refractivity contribution >= 4 is 5.91 Å². The van der Waals surface area contributed by atoms with Gasteiger partial charge in [-0.2, -0.15) is 5.26 Å². The minimum absolute atomic E-state index is 0.0527. The number of carbonyl (C=O) groups is 1. The van der Waals surface area contributed by atoms with Gasteiger partial charge in [0.25, 0.3) is 0 Å². The standard InChI is InChI=1S/C16H30N2O/c1-8-16(7,11-14(2,3)4)18-13(19)9-10-15(5,6)12-17/h8-11H2,1-7H3,(H,18,19). The summed E-state index contributed by atoms with van der Waals surface area (Å²) in [5.74, 6) is 0.0527. The third-order valence-corrected chi connectivity index (χ3v) is 3.42. The Morgan fingerprint density at radius 3 is 2.05 bits per heavy atom. The molecule has 0 radical (unpaired) electrons. The minimum Gasteiger partial charge on any atom is -0.351 e. The Hall–Kier alpha value is -1.04. The number of hydrogen-bond donors (Lipinski definition) is 1. The SMILES string of the molecule is CCC(C)(CC(C)(C)C)NC(=O)CCC(C)(C)C#N. The van der Waals surface area contributed by atoms with Crippen molar-refractivity contribution in [2.24, 2.45) is 10.8 Å². The molecule has 3 nitrogen and oxygen atoms in total. The molecule has 1 amide bonds. The van der Waals surface area contributed by atoms with E-state index in [9.17, 15) is 4.79 Å². The minimum atomic E-state index is -0.427. The predicted octanol–water partition coefficient (Wildman–Crippen LogP) is 4.04. The second-order valence-electron chi connectivity index (χ2n) is 7.70. The number of nitrogens with one attached hydrogen (secondary N) is 1. The second kappa shape index (κ2) is 6.41. The van der Waals surface area contributed by atoms with Crippen LogP contribution in [-0.4, -0.2) is 11.4 Å². The smallest absolute Gasteiger partial charge is 0.220 e. The number of nitriles is 1. The Labute approximate surface area is 118 Å². The van der Waals surface area contributed by atoms with Crippen LogP contribution in [0.25, 0.3) is 0 Å². The van der Waals surface area contributed by atoms with Gasteiger partial charge in [-0.3, -0.25) is 4.79 Å². The summed E-state index contributed by atoms with van der Waals surface area (Å²) in [5.41, 5.74) is -0.403. The number of carbonyl (C=O) groups excluding carboxylic acids is 1. The van der Waals surface area contributed by atoms with Gasteiger partial charge in [-0.1, -0.05) is 27.7 Å². The highest BCUT2D eigenvalue weighted by molar-refractivity contribution is 5.76. The normalized spacial score (nSPS) is 15.5. The number of rotatable bonds is 6. The third-order valence-electron chi connectivity index (χ3n) is 3.42. The molecule has 1 unspecified atom stereocenters. The Kier molecular flexibility index (Phi) is 6.06. The molecule has 1 atom stereocenters. The van der Waals surface area contributed by atoms with E-state index in [0.717, 1.165) is 12.8 Å². The molecule has 0 bridgehead atoms. The van der Waals surface area contributed by atoms with Gasteiger partial charge < -0.3 is 5.32 Å². The monoisotopic (exact) mass is 266 g/mol. The van der Waals surface area contributed by atoms with Gasteiger partial charge in [0.15, 0.2) is 0 Å². The highest BCUT2D eigenvalue weighted by Crippen LogP contribution is 2.29. The molecule has 0 rings (SSSR count). The van der Waals surface area contributed by atoms with E-state index in [1.807, 2.05) is 13.8 Å². The molecule has 0 heterocycles.